The van der Waals surface area contributed by atoms with Crippen molar-refractivity contribution in [2.75, 3.05) is 13.7 Å². The topological polar surface area (TPSA) is 47.6 Å². The summed E-state index contributed by atoms with van der Waals surface area (Å²) in [4.78, 5) is 12.6. The molecule has 1 N–H and O–H groups in total. The van der Waals surface area contributed by atoms with E-state index in [1.807, 2.05) is 37.3 Å². The second kappa shape index (κ2) is 8.27. The van der Waals surface area contributed by atoms with Gasteiger partial charge in [-0.25, -0.2) is 0 Å². The monoisotopic (exact) mass is 421 g/mol. The summed E-state index contributed by atoms with van der Waals surface area (Å²) in [6.45, 7) is 2.44. The maximum absolute atomic E-state index is 12.1. The molecule has 4 rings (SSSR count). The maximum Gasteiger partial charge on any atom is 0.263 e. The van der Waals surface area contributed by atoms with Gasteiger partial charge in [0.05, 0.1) is 18.6 Å². The van der Waals surface area contributed by atoms with Crippen LogP contribution in [0.25, 0.3) is 28.0 Å². The number of methoxy groups -OCH3 is 1. The van der Waals surface area contributed by atoms with E-state index in [1.165, 1.54) is 17.1 Å². The molecule has 0 aliphatic carbocycles. The zero-order valence-corrected chi connectivity index (χ0v) is 17.7. The van der Waals surface area contributed by atoms with Crippen LogP contribution in [-0.2, 0) is 4.79 Å². The van der Waals surface area contributed by atoms with E-state index in [1.54, 1.807) is 7.11 Å². The first-order valence-corrected chi connectivity index (χ1v) is 10.4. The molecule has 1 aliphatic heterocycles. The van der Waals surface area contributed by atoms with Crippen molar-refractivity contribution in [1.82, 2.24) is 5.32 Å². The maximum atomic E-state index is 12.1. The summed E-state index contributed by atoms with van der Waals surface area (Å²) in [7, 11) is 1.64. The predicted octanol–water partition coefficient (Wildman–Crippen LogP) is 5.40. The molecule has 0 unspecified atom stereocenters. The van der Waals surface area contributed by atoms with E-state index in [0.717, 1.165) is 22.1 Å². The van der Waals surface area contributed by atoms with E-state index >= 15 is 0 Å². The van der Waals surface area contributed by atoms with Gasteiger partial charge in [-0.1, -0.05) is 60.4 Å². The fourth-order valence-corrected chi connectivity index (χ4v) is 4.37. The molecule has 3 aromatic rings. The Bertz CT molecular complexity index is 1150. The highest BCUT2D eigenvalue weighted by molar-refractivity contribution is 8.26. The summed E-state index contributed by atoms with van der Waals surface area (Å²) < 4.78 is 12.0. The minimum absolute atomic E-state index is 0.180. The zero-order chi connectivity index (χ0) is 20.4. The van der Waals surface area contributed by atoms with E-state index < -0.39 is 0 Å². The average molecular weight is 422 g/mol. The Balaban J connectivity index is 1.88. The van der Waals surface area contributed by atoms with Gasteiger partial charge in [-0.3, -0.25) is 4.79 Å². The fraction of sp³-hybridized carbons (Fsp3) is 0.130. The van der Waals surface area contributed by atoms with Crippen LogP contribution in [-0.4, -0.2) is 23.9 Å². The molecule has 1 heterocycles. The number of rotatable bonds is 5. The van der Waals surface area contributed by atoms with Gasteiger partial charge >= 0.3 is 0 Å². The third kappa shape index (κ3) is 3.99. The quantitative estimate of drug-likeness (QED) is 0.441. The lowest BCUT2D eigenvalue weighted by atomic mass is 9.98. The number of carbonyl (C=O) groups excluding carboxylic acids is 1. The van der Waals surface area contributed by atoms with E-state index in [2.05, 4.69) is 35.6 Å². The van der Waals surface area contributed by atoms with Crippen LogP contribution >= 0.6 is 24.0 Å². The number of thioether (sulfide) groups is 1. The summed E-state index contributed by atoms with van der Waals surface area (Å²) in [5.74, 6) is 1.13. The summed E-state index contributed by atoms with van der Waals surface area (Å²) in [5.41, 5.74) is 2.77. The van der Waals surface area contributed by atoms with Crippen LogP contribution < -0.4 is 14.8 Å². The second-order valence-electron chi connectivity index (χ2n) is 6.45. The predicted molar refractivity (Wildman–Crippen MR) is 123 cm³/mol. The van der Waals surface area contributed by atoms with Gasteiger partial charge in [-0.05, 0) is 53.1 Å². The highest BCUT2D eigenvalue weighted by Crippen LogP contribution is 2.41. The van der Waals surface area contributed by atoms with Crippen molar-refractivity contribution in [2.24, 2.45) is 0 Å². The highest BCUT2D eigenvalue weighted by atomic mass is 32.2. The lowest BCUT2D eigenvalue weighted by molar-refractivity contribution is -0.115. The third-order valence-corrected chi connectivity index (χ3v) is 5.74. The van der Waals surface area contributed by atoms with E-state index in [0.29, 0.717) is 27.3 Å². The smallest absolute Gasteiger partial charge is 0.263 e. The van der Waals surface area contributed by atoms with Crippen molar-refractivity contribution in [1.29, 1.82) is 0 Å². The Morgan fingerprint density at radius 3 is 2.59 bits per heavy atom. The van der Waals surface area contributed by atoms with Gasteiger partial charge in [0.15, 0.2) is 11.5 Å². The first kappa shape index (κ1) is 19.5. The van der Waals surface area contributed by atoms with Gasteiger partial charge < -0.3 is 14.8 Å². The van der Waals surface area contributed by atoms with Crippen molar-refractivity contribution < 1.29 is 14.3 Å². The molecule has 0 aromatic heterocycles. The molecule has 0 bridgehead atoms. The largest absolute Gasteiger partial charge is 0.492 e. The summed E-state index contributed by atoms with van der Waals surface area (Å²) in [6, 6.07) is 18.4. The number of thiocarbonyl (C=S) groups is 1. The van der Waals surface area contributed by atoms with E-state index in [9.17, 15) is 4.79 Å². The molecule has 0 atom stereocenters. The van der Waals surface area contributed by atoms with E-state index in [-0.39, 0.29) is 5.91 Å². The molecular weight excluding hydrogens is 402 g/mol. The Morgan fingerprint density at radius 2 is 1.90 bits per heavy atom. The highest BCUT2D eigenvalue weighted by Gasteiger charge is 2.23. The van der Waals surface area contributed by atoms with Gasteiger partial charge in [0.25, 0.3) is 5.91 Å². The number of hydrogen-bond acceptors (Lipinski definition) is 5. The third-order valence-electron chi connectivity index (χ3n) is 4.58. The molecule has 6 heteroatoms. The van der Waals surface area contributed by atoms with Crippen LogP contribution in [0, 0.1) is 0 Å². The van der Waals surface area contributed by atoms with Gasteiger partial charge in [0, 0.05) is 5.56 Å². The van der Waals surface area contributed by atoms with Crippen LogP contribution in [0.5, 0.6) is 11.5 Å². The van der Waals surface area contributed by atoms with Crippen LogP contribution in [0.3, 0.4) is 0 Å². The molecule has 0 radical (unpaired) electrons. The molecule has 146 valence electrons. The number of benzene rings is 3. The number of amides is 1. The minimum Gasteiger partial charge on any atom is -0.492 e. The normalized spacial score (nSPS) is 15.0. The van der Waals surface area contributed by atoms with Crippen LogP contribution in [0.15, 0.2) is 59.5 Å². The van der Waals surface area contributed by atoms with Gasteiger partial charge in [-0.15, -0.1) is 0 Å². The first-order chi connectivity index (χ1) is 14.1. The standard InChI is InChI=1S/C23H19NO3S2/c1-3-27-19-11-14(12-20-22(25)24-23(28)29-20)10-18(21(19)26-2)17-9-8-15-6-4-5-7-16(15)13-17/h4-13H,3H2,1-2H3,(H,24,25,28). The molecule has 29 heavy (non-hydrogen) atoms. The minimum atomic E-state index is -0.180. The molecule has 3 aromatic carbocycles. The Labute approximate surface area is 178 Å². The second-order valence-corrected chi connectivity index (χ2v) is 8.17. The lowest BCUT2D eigenvalue weighted by Gasteiger charge is -2.16. The number of nitrogens with one attached hydrogen (secondary N) is 1. The summed E-state index contributed by atoms with van der Waals surface area (Å²) in [5, 5.41) is 4.96. The zero-order valence-electron chi connectivity index (χ0n) is 16.0. The van der Waals surface area contributed by atoms with Crippen molar-refractivity contribution in [3.05, 3.63) is 65.1 Å². The molecule has 0 spiro atoms. The summed E-state index contributed by atoms with van der Waals surface area (Å²) in [6.07, 6.45) is 1.83. The van der Waals surface area contributed by atoms with Gasteiger partial charge in [0.2, 0.25) is 0 Å². The van der Waals surface area contributed by atoms with Crippen molar-refractivity contribution in [3.63, 3.8) is 0 Å². The molecule has 1 fully saturated rings. The van der Waals surface area contributed by atoms with Gasteiger partial charge in [0.1, 0.15) is 4.32 Å². The van der Waals surface area contributed by atoms with E-state index in [4.69, 9.17) is 21.7 Å². The SMILES string of the molecule is CCOc1cc(C=C2SC(=S)NC2=O)cc(-c2ccc3ccccc3c2)c1OC. The molecule has 0 saturated carbocycles. The van der Waals surface area contributed by atoms with Gasteiger partial charge in [-0.2, -0.15) is 0 Å². The lowest BCUT2D eigenvalue weighted by Crippen LogP contribution is -2.17. The first-order valence-electron chi connectivity index (χ1n) is 9.18. The Hall–Kier alpha value is -2.83. The number of carbonyl (C=O) groups is 1. The fourth-order valence-electron chi connectivity index (χ4n) is 3.32. The molecule has 1 amide bonds. The molecular formula is C23H19NO3S2. The van der Waals surface area contributed by atoms with Crippen molar-refractivity contribution in [3.8, 4) is 22.6 Å². The molecule has 1 aliphatic rings. The van der Waals surface area contributed by atoms with Crippen LogP contribution in [0.1, 0.15) is 12.5 Å². The van der Waals surface area contributed by atoms with Crippen molar-refractivity contribution in [2.45, 2.75) is 6.92 Å². The number of fused-ring (bicyclic) bond motifs is 1. The van der Waals surface area contributed by atoms with Crippen LogP contribution in [0.4, 0.5) is 0 Å². The number of hydrogen-bond donors (Lipinski definition) is 1. The van der Waals surface area contributed by atoms with Crippen molar-refractivity contribution >= 4 is 51.1 Å². The molecule has 4 nitrogen and oxygen atoms in total. The Morgan fingerprint density at radius 1 is 1.10 bits per heavy atom. The van der Waals surface area contributed by atoms with Crippen LogP contribution in [0.2, 0.25) is 0 Å². The Kier molecular flexibility index (Phi) is 5.56. The summed E-state index contributed by atoms with van der Waals surface area (Å²) >= 11 is 6.35. The number of ether oxygens (including phenoxy) is 2. The average Bonchev–Trinajstić information content (AvgIpc) is 3.04. The molecule has 1 saturated heterocycles.